The molecule has 1 unspecified atom stereocenters. The number of hydrogen-bond acceptors (Lipinski definition) is 3. The molecule has 0 aliphatic rings. The van der Waals surface area contributed by atoms with Crippen LogP contribution in [0.1, 0.15) is 28.3 Å². The lowest BCUT2D eigenvalue weighted by molar-refractivity contribution is -0.0498. The van der Waals surface area contributed by atoms with Crippen molar-refractivity contribution >= 4 is 0 Å². The fourth-order valence-electron chi connectivity index (χ4n) is 2.20. The van der Waals surface area contributed by atoms with Crippen molar-refractivity contribution in [2.75, 3.05) is 0 Å². The Morgan fingerprint density at radius 1 is 1.00 bits per heavy atom. The average molecular weight is 292 g/mol. The van der Waals surface area contributed by atoms with Gasteiger partial charge in [-0.1, -0.05) is 30.3 Å². The van der Waals surface area contributed by atoms with Gasteiger partial charge in [0.25, 0.3) is 0 Å². The summed E-state index contributed by atoms with van der Waals surface area (Å²) in [5.74, 6) is 5.75. The highest BCUT2D eigenvalue weighted by Crippen LogP contribution is 2.26. The van der Waals surface area contributed by atoms with Crippen LogP contribution in [-0.4, -0.2) is 6.61 Å². The van der Waals surface area contributed by atoms with Crippen molar-refractivity contribution in [2.45, 2.75) is 26.5 Å². The molecular weight excluding hydrogens is 274 g/mol. The van der Waals surface area contributed by atoms with Gasteiger partial charge in [-0.2, -0.15) is 8.78 Å². The van der Waals surface area contributed by atoms with Crippen molar-refractivity contribution in [2.24, 2.45) is 5.84 Å². The van der Waals surface area contributed by atoms with Gasteiger partial charge in [0.1, 0.15) is 5.75 Å². The van der Waals surface area contributed by atoms with Crippen LogP contribution in [0.3, 0.4) is 0 Å². The Hall–Kier alpha value is -1.98. The number of hydrogen-bond donors (Lipinski definition) is 2. The molecule has 0 radical (unpaired) electrons. The third kappa shape index (κ3) is 3.77. The van der Waals surface area contributed by atoms with E-state index in [1.54, 1.807) is 12.1 Å². The number of benzene rings is 2. The highest BCUT2D eigenvalue weighted by Gasteiger charge is 2.14. The predicted octanol–water partition coefficient (Wildman–Crippen LogP) is 3.46. The minimum absolute atomic E-state index is 0.117. The molecule has 2 rings (SSSR count). The molecule has 0 heterocycles. The molecular formula is C16H18F2N2O. The summed E-state index contributed by atoms with van der Waals surface area (Å²) in [6, 6.07) is 12.2. The van der Waals surface area contributed by atoms with Crippen LogP contribution in [0.15, 0.2) is 42.5 Å². The fourth-order valence-corrected chi connectivity index (χ4v) is 2.20. The molecule has 0 saturated carbocycles. The molecule has 0 amide bonds. The Kier molecular flexibility index (Phi) is 4.88. The van der Waals surface area contributed by atoms with Gasteiger partial charge in [-0.3, -0.25) is 5.84 Å². The Labute approximate surface area is 122 Å². The summed E-state index contributed by atoms with van der Waals surface area (Å²) in [6.45, 7) is 1.20. The second-order valence-corrected chi connectivity index (χ2v) is 4.89. The monoisotopic (exact) mass is 292 g/mol. The fraction of sp³-hybridized carbons (Fsp3) is 0.250. The van der Waals surface area contributed by atoms with E-state index in [0.29, 0.717) is 0 Å². The van der Waals surface area contributed by atoms with Crippen LogP contribution in [0.25, 0.3) is 0 Å². The van der Waals surface area contributed by atoms with Crippen molar-refractivity contribution < 1.29 is 13.5 Å². The summed E-state index contributed by atoms with van der Waals surface area (Å²) in [6.07, 6.45) is 0. The normalized spacial score (nSPS) is 12.5. The van der Waals surface area contributed by atoms with Gasteiger partial charge >= 0.3 is 6.61 Å². The molecule has 1 atom stereocenters. The lowest BCUT2D eigenvalue weighted by Gasteiger charge is -2.19. The van der Waals surface area contributed by atoms with Crippen molar-refractivity contribution in [1.29, 1.82) is 0 Å². The van der Waals surface area contributed by atoms with E-state index in [0.717, 1.165) is 16.7 Å². The maximum atomic E-state index is 12.3. The van der Waals surface area contributed by atoms with E-state index in [2.05, 4.69) is 10.2 Å². The van der Waals surface area contributed by atoms with Crippen molar-refractivity contribution in [1.82, 2.24) is 5.43 Å². The molecule has 21 heavy (non-hydrogen) atoms. The van der Waals surface area contributed by atoms with E-state index in [-0.39, 0.29) is 11.8 Å². The van der Waals surface area contributed by atoms with Crippen LogP contribution in [0.2, 0.25) is 0 Å². The van der Waals surface area contributed by atoms with Crippen LogP contribution in [0, 0.1) is 13.8 Å². The Bertz CT molecular complexity index is 617. The zero-order valence-corrected chi connectivity index (χ0v) is 11.9. The Morgan fingerprint density at radius 3 is 2.33 bits per heavy atom. The van der Waals surface area contributed by atoms with Crippen LogP contribution in [-0.2, 0) is 0 Å². The second kappa shape index (κ2) is 6.65. The standard InChI is InChI=1S/C16H18F2N2O/c1-10-6-7-13(8-11(10)2)15(20-19)12-4-3-5-14(9-12)21-16(17)18/h3-9,15-16,20H,19H2,1-2H3. The molecule has 0 aromatic heterocycles. The highest BCUT2D eigenvalue weighted by atomic mass is 19.3. The minimum Gasteiger partial charge on any atom is -0.435 e. The van der Waals surface area contributed by atoms with Crippen LogP contribution < -0.4 is 16.0 Å². The molecule has 3 nitrogen and oxygen atoms in total. The van der Waals surface area contributed by atoms with E-state index in [4.69, 9.17) is 5.84 Å². The first-order valence-electron chi connectivity index (χ1n) is 6.59. The average Bonchev–Trinajstić information content (AvgIpc) is 2.43. The molecule has 2 aromatic rings. The summed E-state index contributed by atoms with van der Waals surface area (Å²) in [4.78, 5) is 0. The molecule has 112 valence electrons. The largest absolute Gasteiger partial charge is 0.435 e. The van der Waals surface area contributed by atoms with E-state index in [9.17, 15) is 8.78 Å². The van der Waals surface area contributed by atoms with Crippen molar-refractivity contribution in [3.63, 3.8) is 0 Å². The Morgan fingerprint density at radius 2 is 1.71 bits per heavy atom. The number of ether oxygens (including phenoxy) is 1. The third-order valence-electron chi connectivity index (χ3n) is 3.45. The maximum Gasteiger partial charge on any atom is 0.387 e. The molecule has 0 aliphatic carbocycles. The summed E-state index contributed by atoms with van der Waals surface area (Å²) in [7, 11) is 0. The minimum atomic E-state index is -2.84. The molecule has 2 aromatic carbocycles. The molecule has 5 heteroatoms. The van der Waals surface area contributed by atoms with Crippen LogP contribution in [0.5, 0.6) is 5.75 Å². The first kappa shape index (κ1) is 15.4. The Balaban J connectivity index is 2.34. The van der Waals surface area contributed by atoms with Gasteiger partial charge in [0.05, 0.1) is 6.04 Å². The third-order valence-corrected chi connectivity index (χ3v) is 3.45. The lowest BCUT2D eigenvalue weighted by atomic mass is 9.96. The molecule has 0 aliphatic heterocycles. The first-order valence-corrected chi connectivity index (χ1v) is 6.59. The van der Waals surface area contributed by atoms with Gasteiger partial charge in [-0.05, 0) is 48.2 Å². The van der Waals surface area contributed by atoms with Crippen molar-refractivity contribution in [3.8, 4) is 5.75 Å². The quantitative estimate of drug-likeness (QED) is 0.655. The molecule has 0 saturated heterocycles. The topological polar surface area (TPSA) is 47.3 Å². The molecule has 0 bridgehead atoms. The molecule has 0 fully saturated rings. The van der Waals surface area contributed by atoms with Gasteiger partial charge in [-0.15, -0.1) is 0 Å². The van der Waals surface area contributed by atoms with Gasteiger partial charge in [0, 0.05) is 0 Å². The van der Waals surface area contributed by atoms with Gasteiger partial charge in [0.2, 0.25) is 0 Å². The number of hydrazine groups is 1. The summed E-state index contributed by atoms with van der Waals surface area (Å²) in [5, 5.41) is 0. The first-order chi connectivity index (χ1) is 10.0. The zero-order valence-electron chi connectivity index (χ0n) is 11.9. The van der Waals surface area contributed by atoms with Crippen LogP contribution >= 0.6 is 0 Å². The number of nitrogens with two attached hydrogens (primary N) is 1. The van der Waals surface area contributed by atoms with E-state index in [1.807, 2.05) is 38.1 Å². The van der Waals surface area contributed by atoms with Gasteiger partial charge in [0.15, 0.2) is 0 Å². The van der Waals surface area contributed by atoms with Gasteiger partial charge in [-0.25, -0.2) is 5.43 Å². The SMILES string of the molecule is Cc1ccc(C(NN)c2cccc(OC(F)F)c2)cc1C. The van der Waals surface area contributed by atoms with Crippen molar-refractivity contribution in [3.05, 3.63) is 64.7 Å². The predicted molar refractivity (Wildman–Crippen MR) is 78.2 cm³/mol. The lowest BCUT2D eigenvalue weighted by Crippen LogP contribution is -2.29. The number of rotatable bonds is 5. The zero-order chi connectivity index (χ0) is 15.4. The number of alkyl halides is 2. The van der Waals surface area contributed by atoms with E-state index >= 15 is 0 Å². The summed E-state index contributed by atoms with van der Waals surface area (Å²) >= 11 is 0. The number of halogens is 2. The second-order valence-electron chi connectivity index (χ2n) is 4.89. The number of aryl methyl sites for hydroxylation is 2. The summed E-state index contributed by atoms with van der Waals surface area (Å²) in [5.41, 5.74) is 6.78. The van der Waals surface area contributed by atoms with E-state index in [1.165, 1.54) is 11.6 Å². The number of nitrogens with one attached hydrogen (secondary N) is 1. The highest BCUT2D eigenvalue weighted by molar-refractivity contribution is 5.39. The smallest absolute Gasteiger partial charge is 0.387 e. The van der Waals surface area contributed by atoms with Gasteiger partial charge < -0.3 is 4.74 Å². The van der Waals surface area contributed by atoms with E-state index < -0.39 is 6.61 Å². The maximum absolute atomic E-state index is 12.3. The summed E-state index contributed by atoms with van der Waals surface area (Å²) < 4.78 is 29.0. The van der Waals surface area contributed by atoms with Crippen LogP contribution in [0.4, 0.5) is 8.78 Å². The molecule has 3 N–H and O–H groups in total. The molecule has 0 spiro atoms.